The van der Waals surface area contributed by atoms with Crippen molar-refractivity contribution in [3.63, 3.8) is 0 Å². The number of hydrogen-bond donors (Lipinski definition) is 0. The summed E-state index contributed by atoms with van der Waals surface area (Å²) >= 11 is 3.70. The minimum Gasteiger partial charge on any atom is -0.0880 e. The molecule has 2 aromatic carbocycles. The van der Waals surface area contributed by atoms with E-state index in [-0.39, 0.29) is 0 Å². The average Bonchev–Trinajstić information content (AvgIpc) is 2.53. The van der Waals surface area contributed by atoms with Crippen molar-refractivity contribution >= 4 is 32.8 Å². The van der Waals surface area contributed by atoms with E-state index in [1.165, 1.54) is 48.4 Å². The molecule has 0 N–H and O–H groups in total. The molecule has 1 aliphatic rings. The van der Waals surface area contributed by atoms with Crippen LogP contribution in [0.1, 0.15) is 37.7 Å². The van der Waals surface area contributed by atoms with Gasteiger partial charge in [0.2, 0.25) is 0 Å². The standard InChI is InChI=1S/C19H21Br/c20-14-18(15-7-2-1-3-8-15)13-17-11-6-10-16-9-4-5-12-19(16)17/h4-6,9-13,15H,1-3,7-8,14H2/b18-13-. The molecule has 1 heteroatoms. The van der Waals surface area contributed by atoms with E-state index < -0.39 is 0 Å². The van der Waals surface area contributed by atoms with Crippen molar-refractivity contribution in [3.05, 3.63) is 53.6 Å². The Labute approximate surface area is 130 Å². The zero-order valence-corrected chi connectivity index (χ0v) is 13.4. The maximum atomic E-state index is 3.70. The van der Waals surface area contributed by atoms with Crippen LogP contribution in [0.5, 0.6) is 0 Å². The van der Waals surface area contributed by atoms with Crippen LogP contribution in [0.2, 0.25) is 0 Å². The van der Waals surface area contributed by atoms with Gasteiger partial charge in [0, 0.05) is 5.33 Å². The summed E-state index contributed by atoms with van der Waals surface area (Å²) in [7, 11) is 0. The predicted molar refractivity (Wildman–Crippen MR) is 92.3 cm³/mol. The number of fused-ring (bicyclic) bond motifs is 1. The van der Waals surface area contributed by atoms with Gasteiger partial charge in [-0.2, -0.15) is 0 Å². The molecule has 1 saturated carbocycles. The van der Waals surface area contributed by atoms with Crippen LogP contribution in [0.25, 0.3) is 16.8 Å². The minimum absolute atomic E-state index is 0.780. The first kappa shape index (κ1) is 13.9. The number of benzene rings is 2. The van der Waals surface area contributed by atoms with E-state index in [1.54, 1.807) is 5.57 Å². The van der Waals surface area contributed by atoms with E-state index in [0.29, 0.717) is 0 Å². The summed E-state index contributed by atoms with van der Waals surface area (Å²) in [5, 5.41) is 3.70. The third-order valence-corrected chi connectivity index (χ3v) is 5.10. The minimum atomic E-state index is 0.780. The lowest BCUT2D eigenvalue weighted by molar-refractivity contribution is 0.405. The second-order valence-corrected chi connectivity index (χ2v) is 6.32. The van der Waals surface area contributed by atoms with E-state index in [4.69, 9.17) is 0 Å². The van der Waals surface area contributed by atoms with Crippen LogP contribution in [-0.2, 0) is 0 Å². The molecule has 1 fully saturated rings. The van der Waals surface area contributed by atoms with Crippen molar-refractivity contribution < 1.29 is 0 Å². The van der Waals surface area contributed by atoms with E-state index in [1.807, 2.05) is 0 Å². The Morgan fingerprint density at radius 2 is 1.75 bits per heavy atom. The van der Waals surface area contributed by atoms with Gasteiger partial charge in [-0.05, 0) is 35.1 Å². The lowest BCUT2D eigenvalue weighted by Gasteiger charge is -2.23. The first-order valence-corrected chi connectivity index (χ1v) is 8.75. The molecule has 2 aromatic rings. The fourth-order valence-electron chi connectivity index (χ4n) is 3.31. The second-order valence-electron chi connectivity index (χ2n) is 5.76. The predicted octanol–water partition coefficient (Wildman–Crippen LogP) is 6.20. The summed E-state index contributed by atoms with van der Waals surface area (Å²) in [5.74, 6) is 0.780. The van der Waals surface area contributed by atoms with E-state index in [2.05, 4.69) is 64.5 Å². The summed E-state index contributed by atoms with van der Waals surface area (Å²) < 4.78 is 0. The van der Waals surface area contributed by atoms with Crippen LogP contribution in [0.3, 0.4) is 0 Å². The fraction of sp³-hybridized carbons (Fsp3) is 0.368. The largest absolute Gasteiger partial charge is 0.0880 e. The molecule has 20 heavy (non-hydrogen) atoms. The van der Waals surface area contributed by atoms with Crippen LogP contribution >= 0.6 is 15.9 Å². The zero-order valence-electron chi connectivity index (χ0n) is 11.8. The van der Waals surface area contributed by atoms with E-state index in [0.717, 1.165) is 11.2 Å². The molecule has 0 nitrogen and oxygen atoms in total. The van der Waals surface area contributed by atoms with Crippen molar-refractivity contribution in [2.75, 3.05) is 5.33 Å². The molecule has 104 valence electrons. The first-order valence-electron chi connectivity index (χ1n) is 7.62. The van der Waals surface area contributed by atoms with Gasteiger partial charge in [0.1, 0.15) is 0 Å². The molecule has 0 aliphatic heterocycles. The van der Waals surface area contributed by atoms with Gasteiger partial charge in [0.05, 0.1) is 0 Å². The molecule has 0 aromatic heterocycles. The van der Waals surface area contributed by atoms with Crippen molar-refractivity contribution in [1.29, 1.82) is 0 Å². The number of rotatable bonds is 3. The van der Waals surface area contributed by atoms with Gasteiger partial charge < -0.3 is 0 Å². The molecule has 0 radical (unpaired) electrons. The summed E-state index contributed by atoms with van der Waals surface area (Å²) in [5.41, 5.74) is 2.93. The van der Waals surface area contributed by atoms with Crippen molar-refractivity contribution in [2.24, 2.45) is 5.92 Å². The molecule has 0 unspecified atom stereocenters. The molecule has 0 atom stereocenters. The monoisotopic (exact) mass is 328 g/mol. The second kappa shape index (κ2) is 6.58. The summed E-state index contributed by atoms with van der Waals surface area (Å²) in [6.45, 7) is 0. The van der Waals surface area contributed by atoms with Gasteiger partial charge in [0.15, 0.2) is 0 Å². The Morgan fingerprint density at radius 1 is 1.00 bits per heavy atom. The number of hydrogen-bond acceptors (Lipinski definition) is 0. The molecule has 0 heterocycles. The third kappa shape index (κ3) is 2.98. The Bertz CT molecular complexity index is 601. The van der Waals surface area contributed by atoms with E-state index >= 15 is 0 Å². The summed E-state index contributed by atoms with van der Waals surface area (Å²) in [6.07, 6.45) is 9.35. The highest BCUT2D eigenvalue weighted by molar-refractivity contribution is 9.09. The van der Waals surface area contributed by atoms with Gasteiger partial charge in [0.25, 0.3) is 0 Å². The molecule has 0 bridgehead atoms. The number of halogens is 1. The molecule has 0 amide bonds. The highest BCUT2D eigenvalue weighted by Gasteiger charge is 2.17. The SMILES string of the molecule is BrC/C(=C/c1cccc2ccccc12)C1CCCCC1. The number of allylic oxidation sites excluding steroid dienone is 1. The molecule has 0 spiro atoms. The normalized spacial score (nSPS) is 17.6. The first-order chi connectivity index (χ1) is 9.88. The smallest absolute Gasteiger partial charge is 0.0247 e. The van der Waals surface area contributed by atoms with Crippen LogP contribution in [-0.4, -0.2) is 5.33 Å². The van der Waals surface area contributed by atoms with Crippen LogP contribution in [0.4, 0.5) is 0 Å². The molecular formula is C19H21Br. The van der Waals surface area contributed by atoms with Crippen molar-refractivity contribution in [2.45, 2.75) is 32.1 Å². The number of alkyl halides is 1. The van der Waals surface area contributed by atoms with Crippen molar-refractivity contribution in [1.82, 2.24) is 0 Å². The lowest BCUT2D eigenvalue weighted by Crippen LogP contribution is -2.10. The van der Waals surface area contributed by atoms with Crippen molar-refractivity contribution in [3.8, 4) is 0 Å². The molecule has 3 rings (SSSR count). The fourth-order valence-corrected chi connectivity index (χ4v) is 3.93. The van der Waals surface area contributed by atoms with Gasteiger partial charge in [-0.25, -0.2) is 0 Å². The average molecular weight is 329 g/mol. The van der Waals surface area contributed by atoms with Crippen LogP contribution in [0.15, 0.2) is 48.0 Å². The molecule has 1 aliphatic carbocycles. The highest BCUT2D eigenvalue weighted by atomic mass is 79.9. The molecule has 0 saturated heterocycles. The van der Waals surface area contributed by atoms with Gasteiger partial charge in [-0.1, -0.05) is 89.3 Å². The Morgan fingerprint density at radius 3 is 2.55 bits per heavy atom. The maximum absolute atomic E-state index is 3.70. The van der Waals surface area contributed by atoms with Crippen LogP contribution < -0.4 is 0 Å². The summed E-state index contributed by atoms with van der Waals surface area (Å²) in [6, 6.07) is 15.3. The van der Waals surface area contributed by atoms with Gasteiger partial charge >= 0.3 is 0 Å². The third-order valence-electron chi connectivity index (χ3n) is 4.45. The maximum Gasteiger partial charge on any atom is 0.0247 e. The quantitative estimate of drug-likeness (QED) is 0.588. The lowest BCUT2D eigenvalue weighted by atomic mass is 9.83. The van der Waals surface area contributed by atoms with Gasteiger partial charge in [-0.15, -0.1) is 0 Å². The van der Waals surface area contributed by atoms with Gasteiger partial charge in [-0.3, -0.25) is 0 Å². The Balaban J connectivity index is 1.98. The van der Waals surface area contributed by atoms with E-state index in [9.17, 15) is 0 Å². The Kier molecular flexibility index (Phi) is 4.57. The Hall–Kier alpha value is -1.08. The topological polar surface area (TPSA) is 0 Å². The highest BCUT2D eigenvalue weighted by Crippen LogP contribution is 2.32. The van der Waals surface area contributed by atoms with Crippen LogP contribution in [0, 0.1) is 5.92 Å². The zero-order chi connectivity index (χ0) is 13.8. The molecular weight excluding hydrogens is 308 g/mol. The summed E-state index contributed by atoms with van der Waals surface area (Å²) in [4.78, 5) is 0.